The lowest BCUT2D eigenvalue weighted by Crippen LogP contribution is -2.25. The van der Waals surface area contributed by atoms with Crippen LogP contribution < -0.4 is 9.62 Å². The molecular formula is C15H20N2O5S. The zero-order chi connectivity index (χ0) is 16.9. The number of rotatable bonds is 7. The van der Waals surface area contributed by atoms with Crippen LogP contribution in [0.15, 0.2) is 24.3 Å². The zero-order valence-corrected chi connectivity index (χ0v) is 13.5. The molecule has 2 N–H and O–H groups in total. The SMILES string of the molecule is O=C(O)CCCCC(=O)Nc1cccc(N2CCCS2(=O)=O)c1. The minimum absolute atomic E-state index is 0.0512. The van der Waals surface area contributed by atoms with E-state index in [0.717, 1.165) is 0 Å². The largest absolute Gasteiger partial charge is 0.481 e. The number of hydrogen-bond acceptors (Lipinski definition) is 4. The number of sulfonamides is 1. The van der Waals surface area contributed by atoms with Crippen molar-refractivity contribution in [2.45, 2.75) is 32.1 Å². The molecule has 1 heterocycles. The zero-order valence-electron chi connectivity index (χ0n) is 12.7. The first-order valence-corrected chi connectivity index (χ1v) is 9.11. The Morgan fingerprint density at radius 1 is 1.22 bits per heavy atom. The summed E-state index contributed by atoms with van der Waals surface area (Å²) in [5, 5.41) is 11.2. The number of amides is 1. The smallest absolute Gasteiger partial charge is 0.303 e. The van der Waals surface area contributed by atoms with Crippen molar-refractivity contribution in [1.82, 2.24) is 0 Å². The highest BCUT2D eigenvalue weighted by Crippen LogP contribution is 2.26. The molecule has 0 aromatic heterocycles. The summed E-state index contributed by atoms with van der Waals surface area (Å²) >= 11 is 0. The van der Waals surface area contributed by atoms with E-state index in [2.05, 4.69) is 5.32 Å². The lowest BCUT2D eigenvalue weighted by Gasteiger charge is -2.17. The molecule has 0 bridgehead atoms. The standard InChI is InChI=1S/C15H20N2O5S/c18-14(7-1-2-8-15(19)20)16-12-5-3-6-13(11-12)17-9-4-10-23(17,21)22/h3,5-6,11H,1-2,4,7-10H2,(H,16,18)(H,19,20). The number of carboxylic acids is 1. The number of nitrogens with zero attached hydrogens (tertiary/aromatic N) is 1. The van der Waals surface area contributed by atoms with Gasteiger partial charge in [0.1, 0.15) is 0 Å². The van der Waals surface area contributed by atoms with Gasteiger partial charge in [-0.05, 0) is 37.5 Å². The molecule has 0 radical (unpaired) electrons. The normalized spacial score (nSPS) is 16.3. The molecule has 1 amide bonds. The second-order valence-electron chi connectivity index (χ2n) is 5.44. The van der Waals surface area contributed by atoms with Crippen molar-refractivity contribution in [2.24, 2.45) is 0 Å². The molecule has 1 aliphatic rings. The Labute approximate surface area is 135 Å². The third kappa shape index (κ3) is 4.95. The van der Waals surface area contributed by atoms with E-state index in [4.69, 9.17) is 5.11 Å². The van der Waals surface area contributed by atoms with Crippen LogP contribution in [0.5, 0.6) is 0 Å². The Balaban J connectivity index is 1.92. The molecule has 0 spiro atoms. The van der Waals surface area contributed by atoms with E-state index in [1.54, 1.807) is 24.3 Å². The van der Waals surface area contributed by atoms with Gasteiger partial charge in [0.05, 0.1) is 11.4 Å². The van der Waals surface area contributed by atoms with E-state index in [1.807, 2.05) is 0 Å². The van der Waals surface area contributed by atoms with Crippen LogP contribution in [0.1, 0.15) is 32.1 Å². The molecule has 0 unspecified atom stereocenters. The molecule has 8 heteroatoms. The maximum atomic E-state index is 11.9. The van der Waals surface area contributed by atoms with Gasteiger partial charge in [-0.15, -0.1) is 0 Å². The molecule has 23 heavy (non-hydrogen) atoms. The lowest BCUT2D eigenvalue weighted by atomic mass is 10.2. The summed E-state index contributed by atoms with van der Waals surface area (Å²) in [5.41, 5.74) is 1.08. The van der Waals surface area contributed by atoms with Crippen LogP contribution in [0.4, 0.5) is 11.4 Å². The molecule has 0 saturated carbocycles. The number of carbonyl (C=O) groups is 2. The van der Waals surface area contributed by atoms with Crippen molar-refractivity contribution >= 4 is 33.3 Å². The molecule has 2 rings (SSSR count). The van der Waals surface area contributed by atoms with Gasteiger partial charge in [0.15, 0.2) is 0 Å². The average molecular weight is 340 g/mol. The Kier molecular flexibility index (Phi) is 5.59. The lowest BCUT2D eigenvalue weighted by molar-refractivity contribution is -0.137. The van der Waals surface area contributed by atoms with Gasteiger partial charge in [0.2, 0.25) is 15.9 Å². The number of nitrogens with one attached hydrogen (secondary N) is 1. The van der Waals surface area contributed by atoms with Crippen LogP contribution in [0, 0.1) is 0 Å². The number of unbranched alkanes of at least 4 members (excludes halogenated alkanes) is 1. The first kappa shape index (κ1) is 17.3. The third-order valence-electron chi connectivity index (χ3n) is 3.56. The number of benzene rings is 1. The maximum absolute atomic E-state index is 11.9. The number of anilines is 2. The summed E-state index contributed by atoms with van der Waals surface area (Å²) in [4.78, 5) is 22.2. The fourth-order valence-corrected chi connectivity index (χ4v) is 4.01. The fourth-order valence-electron chi connectivity index (χ4n) is 2.45. The molecule has 1 aromatic carbocycles. The van der Waals surface area contributed by atoms with Crippen LogP contribution in [-0.2, 0) is 19.6 Å². The minimum atomic E-state index is -3.25. The molecule has 7 nitrogen and oxygen atoms in total. The number of carboxylic acid groups (broad SMARTS) is 1. The van der Waals surface area contributed by atoms with Crippen molar-refractivity contribution in [1.29, 1.82) is 0 Å². The Morgan fingerprint density at radius 2 is 1.96 bits per heavy atom. The highest BCUT2D eigenvalue weighted by Gasteiger charge is 2.28. The minimum Gasteiger partial charge on any atom is -0.481 e. The summed E-state index contributed by atoms with van der Waals surface area (Å²) in [7, 11) is -3.25. The first-order chi connectivity index (χ1) is 10.9. The molecule has 1 saturated heterocycles. The predicted molar refractivity (Wildman–Crippen MR) is 86.9 cm³/mol. The van der Waals surface area contributed by atoms with E-state index in [-0.39, 0.29) is 24.5 Å². The van der Waals surface area contributed by atoms with Gasteiger partial charge in [-0.1, -0.05) is 6.07 Å². The van der Waals surface area contributed by atoms with Crippen molar-refractivity contribution in [2.75, 3.05) is 21.9 Å². The van der Waals surface area contributed by atoms with Crippen LogP contribution in [-0.4, -0.2) is 37.7 Å². The summed E-state index contributed by atoms with van der Waals surface area (Å²) in [5.74, 6) is -0.936. The molecular weight excluding hydrogens is 320 g/mol. The van der Waals surface area contributed by atoms with E-state index in [9.17, 15) is 18.0 Å². The molecule has 0 aliphatic carbocycles. The quantitative estimate of drug-likeness (QED) is 0.737. The first-order valence-electron chi connectivity index (χ1n) is 7.50. The molecule has 0 atom stereocenters. The highest BCUT2D eigenvalue weighted by atomic mass is 32.2. The number of carbonyl (C=O) groups excluding carboxylic acids is 1. The fraction of sp³-hybridized carbons (Fsp3) is 0.467. The summed E-state index contributed by atoms with van der Waals surface area (Å²) in [6.45, 7) is 0.453. The van der Waals surface area contributed by atoms with E-state index in [0.29, 0.717) is 37.2 Å². The van der Waals surface area contributed by atoms with Crippen molar-refractivity contribution < 1.29 is 23.1 Å². The Morgan fingerprint density at radius 3 is 2.61 bits per heavy atom. The Hall–Kier alpha value is -2.09. The summed E-state index contributed by atoms with van der Waals surface area (Å²) < 4.78 is 25.2. The van der Waals surface area contributed by atoms with Crippen LogP contribution in [0.25, 0.3) is 0 Å². The van der Waals surface area contributed by atoms with Gasteiger partial charge in [0.25, 0.3) is 0 Å². The van der Waals surface area contributed by atoms with E-state index in [1.165, 1.54) is 4.31 Å². The summed E-state index contributed by atoms with van der Waals surface area (Å²) in [6.07, 6.45) is 1.84. The van der Waals surface area contributed by atoms with Crippen LogP contribution >= 0.6 is 0 Å². The van der Waals surface area contributed by atoms with Gasteiger partial charge >= 0.3 is 5.97 Å². The Bertz CT molecular complexity index is 687. The van der Waals surface area contributed by atoms with Gasteiger partial charge in [-0.25, -0.2) is 8.42 Å². The second kappa shape index (κ2) is 7.45. The highest BCUT2D eigenvalue weighted by molar-refractivity contribution is 7.93. The average Bonchev–Trinajstić information content (AvgIpc) is 2.83. The molecule has 1 aromatic rings. The molecule has 1 aliphatic heterocycles. The van der Waals surface area contributed by atoms with Gasteiger partial charge < -0.3 is 10.4 Å². The maximum Gasteiger partial charge on any atom is 0.303 e. The molecule has 126 valence electrons. The van der Waals surface area contributed by atoms with Crippen LogP contribution in [0.3, 0.4) is 0 Å². The third-order valence-corrected chi connectivity index (χ3v) is 5.43. The molecule has 1 fully saturated rings. The van der Waals surface area contributed by atoms with E-state index >= 15 is 0 Å². The van der Waals surface area contributed by atoms with Gasteiger partial charge in [0, 0.05) is 25.1 Å². The summed E-state index contributed by atoms with van der Waals surface area (Å²) in [6, 6.07) is 6.73. The van der Waals surface area contributed by atoms with Crippen LogP contribution in [0.2, 0.25) is 0 Å². The van der Waals surface area contributed by atoms with Crippen molar-refractivity contribution in [3.8, 4) is 0 Å². The predicted octanol–water partition coefficient (Wildman–Crippen LogP) is 1.81. The number of aliphatic carboxylic acids is 1. The second-order valence-corrected chi connectivity index (χ2v) is 7.45. The topological polar surface area (TPSA) is 104 Å². The monoisotopic (exact) mass is 340 g/mol. The number of hydrogen-bond donors (Lipinski definition) is 2. The van der Waals surface area contributed by atoms with E-state index < -0.39 is 16.0 Å². The van der Waals surface area contributed by atoms with Gasteiger partial charge in [-0.3, -0.25) is 13.9 Å². The van der Waals surface area contributed by atoms with Gasteiger partial charge in [-0.2, -0.15) is 0 Å². The van der Waals surface area contributed by atoms with Crippen molar-refractivity contribution in [3.05, 3.63) is 24.3 Å². The van der Waals surface area contributed by atoms with Crippen molar-refractivity contribution in [3.63, 3.8) is 0 Å².